The van der Waals surface area contributed by atoms with Gasteiger partial charge in [-0.15, -0.1) is 0 Å². The monoisotopic (exact) mass is 170 g/mol. The molecular weight excluding hydrogens is 152 g/mol. The zero-order valence-electron chi connectivity index (χ0n) is 7.56. The third-order valence-corrected chi connectivity index (χ3v) is 2.10. The van der Waals surface area contributed by atoms with Crippen LogP contribution in [0.3, 0.4) is 0 Å². The summed E-state index contributed by atoms with van der Waals surface area (Å²) in [7, 11) is 1.82. The van der Waals surface area contributed by atoms with Crippen molar-refractivity contribution in [2.24, 2.45) is 5.73 Å². The summed E-state index contributed by atoms with van der Waals surface area (Å²) in [5.74, 6) is 0.688. The highest BCUT2D eigenvalue weighted by molar-refractivity contribution is 4.93. The van der Waals surface area contributed by atoms with Crippen molar-refractivity contribution in [3.05, 3.63) is 12.0 Å². The van der Waals surface area contributed by atoms with E-state index in [-0.39, 0.29) is 0 Å². The number of piperidine rings is 1. The van der Waals surface area contributed by atoms with Crippen LogP contribution in [-0.4, -0.2) is 26.2 Å². The van der Waals surface area contributed by atoms with E-state index in [0.717, 1.165) is 13.1 Å². The van der Waals surface area contributed by atoms with Crippen molar-refractivity contribution < 1.29 is 0 Å². The Kier molecular flexibility index (Phi) is 3.73. The van der Waals surface area contributed by atoms with Gasteiger partial charge in [0, 0.05) is 19.3 Å². The molecule has 5 N–H and O–H groups in total. The summed E-state index contributed by atoms with van der Waals surface area (Å²) >= 11 is 0. The third kappa shape index (κ3) is 3.00. The van der Waals surface area contributed by atoms with Gasteiger partial charge < -0.3 is 21.7 Å². The highest BCUT2D eigenvalue weighted by Gasteiger charge is 2.09. The second kappa shape index (κ2) is 4.87. The van der Waals surface area contributed by atoms with Crippen molar-refractivity contribution in [3.8, 4) is 0 Å². The van der Waals surface area contributed by atoms with Crippen molar-refractivity contribution in [1.29, 1.82) is 0 Å². The summed E-state index contributed by atoms with van der Waals surface area (Å²) in [4.78, 5) is 0. The molecule has 0 bridgehead atoms. The molecule has 0 atom stereocenters. The summed E-state index contributed by atoms with van der Waals surface area (Å²) in [6, 6.07) is 0.582. The van der Waals surface area contributed by atoms with E-state index in [0.29, 0.717) is 11.9 Å². The molecule has 1 saturated heterocycles. The number of hydrogen-bond acceptors (Lipinski definition) is 4. The number of nitrogens with two attached hydrogens (primary N) is 1. The van der Waals surface area contributed by atoms with Crippen LogP contribution >= 0.6 is 0 Å². The number of rotatable bonds is 3. The van der Waals surface area contributed by atoms with Crippen LogP contribution in [0.1, 0.15) is 12.8 Å². The predicted octanol–water partition coefficient (Wildman–Crippen LogP) is -0.695. The van der Waals surface area contributed by atoms with Gasteiger partial charge in [0.15, 0.2) is 0 Å². The lowest BCUT2D eigenvalue weighted by Crippen LogP contribution is -2.38. The average molecular weight is 170 g/mol. The van der Waals surface area contributed by atoms with Gasteiger partial charge in [0.1, 0.15) is 5.82 Å². The van der Waals surface area contributed by atoms with E-state index in [2.05, 4.69) is 16.0 Å². The molecule has 12 heavy (non-hydrogen) atoms. The lowest BCUT2D eigenvalue weighted by atomic mass is 10.1. The molecular formula is C8H18N4. The Bertz CT molecular complexity index is 149. The lowest BCUT2D eigenvalue weighted by molar-refractivity contribution is 0.418. The molecule has 4 heteroatoms. The SMILES string of the molecule is CN/C(N)=C/NC1CCNCC1. The normalized spacial score (nSPS) is 20.6. The molecule has 0 amide bonds. The minimum atomic E-state index is 0.582. The maximum absolute atomic E-state index is 5.56. The molecule has 4 nitrogen and oxygen atoms in total. The highest BCUT2D eigenvalue weighted by Crippen LogP contribution is 2.01. The van der Waals surface area contributed by atoms with Gasteiger partial charge in [0.05, 0.1) is 0 Å². The van der Waals surface area contributed by atoms with Gasteiger partial charge in [0.2, 0.25) is 0 Å². The van der Waals surface area contributed by atoms with Crippen LogP contribution in [0.25, 0.3) is 0 Å². The van der Waals surface area contributed by atoms with E-state index in [9.17, 15) is 0 Å². The van der Waals surface area contributed by atoms with Crippen LogP contribution in [0.5, 0.6) is 0 Å². The first-order valence-corrected chi connectivity index (χ1v) is 4.43. The van der Waals surface area contributed by atoms with Gasteiger partial charge in [-0.1, -0.05) is 0 Å². The Morgan fingerprint density at radius 2 is 2.17 bits per heavy atom. The maximum Gasteiger partial charge on any atom is 0.112 e. The molecule has 1 heterocycles. The van der Waals surface area contributed by atoms with Crippen molar-refractivity contribution >= 4 is 0 Å². The Morgan fingerprint density at radius 3 is 2.75 bits per heavy atom. The first-order chi connectivity index (χ1) is 5.83. The van der Waals surface area contributed by atoms with Crippen LogP contribution in [0.2, 0.25) is 0 Å². The topological polar surface area (TPSA) is 62.1 Å². The second-order valence-corrected chi connectivity index (χ2v) is 3.04. The summed E-state index contributed by atoms with van der Waals surface area (Å²) in [6.45, 7) is 2.20. The summed E-state index contributed by atoms with van der Waals surface area (Å²) in [5, 5.41) is 9.46. The van der Waals surface area contributed by atoms with E-state index < -0.39 is 0 Å². The van der Waals surface area contributed by atoms with Crippen LogP contribution < -0.4 is 21.7 Å². The highest BCUT2D eigenvalue weighted by atomic mass is 15.0. The van der Waals surface area contributed by atoms with Gasteiger partial charge in [-0.3, -0.25) is 0 Å². The van der Waals surface area contributed by atoms with Gasteiger partial charge in [-0.2, -0.15) is 0 Å². The Balaban J connectivity index is 2.21. The minimum absolute atomic E-state index is 0.582. The molecule has 0 aromatic rings. The largest absolute Gasteiger partial charge is 0.385 e. The van der Waals surface area contributed by atoms with E-state index in [1.54, 1.807) is 0 Å². The van der Waals surface area contributed by atoms with E-state index in [1.807, 2.05) is 13.2 Å². The quantitative estimate of drug-likeness (QED) is 0.452. The molecule has 0 aliphatic carbocycles. The van der Waals surface area contributed by atoms with Crippen molar-refractivity contribution in [2.75, 3.05) is 20.1 Å². The standard InChI is InChI=1S/C8H18N4/c1-10-8(9)6-12-7-2-4-11-5-3-7/h6-7,10-12H,2-5,9H2,1H3/b8-6+. The lowest BCUT2D eigenvalue weighted by Gasteiger charge is -2.22. The molecule has 0 aromatic carbocycles. The molecule has 70 valence electrons. The Hall–Kier alpha value is -0.900. The minimum Gasteiger partial charge on any atom is -0.385 e. The Labute approximate surface area is 73.6 Å². The van der Waals surface area contributed by atoms with E-state index in [1.165, 1.54) is 12.8 Å². The molecule has 1 aliphatic heterocycles. The van der Waals surface area contributed by atoms with Crippen LogP contribution in [0, 0.1) is 0 Å². The van der Waals surface area contributed by atoms with Gasteiger partial charge in [-0.05, 0) is 25.9 Å². The fourth-order valence-electron chi connectivity index (χ4n) is 1.27. The maximum atomic E-state index is 5.56. The molecule has 0 saturated carbocycles. The second-order valence-electron chi connectivity index (χ2n) is 3.04. The molecule has 1 aliphatic rings. The average Bonchev–Trinajstić information content (AvgIpc) is 2.16. The van der Waals surface area contributed by atoms with Crippen LogP contribution in [0.4, 0.5) is 0 Å². The zero-order valence-corrected chi connectivity index (χ0v) is 7.56. The summed E-state index contributed by atoms with van der Waals surface area (Å²) in [6.07, 6.45) is 4.19. The third-order valence-electron chi connectivity index (χ3n) is 2.10. The molecule has 0 unspecified atom stereocenters. The number of hydrogen-bond donors (Lipinski definition) is 4. The first kappa shape index (κ1) is 9.19. The van der Waals surface area contributed by atoms with Gasteiger partial charge in [0.25, 0.3) is 0 Å². The predicted molar refractivity (Wildman–Crippen MR) is 50.4 cm³/mol. The molecule has 0 spiro atoms. The van der Waals surface area contributed by atoms with Crippen LogP contribution in [-0.2, 0) is 0 Å². The molecule has 0 radical (unpaired) electrons. The summed E-state index contributed by atoms with van der Waals surface area (Å²) < 4.78 is 0. The van der Waals surface area contributed by atoms with E-state index >= 15 is 0 Å². The fourth-order valence-corrected chi connectivity index (χ4v) is 1.27. The molecule has 0 aromatic heterocycles. The molecule has 1 rings (SSSR count). The van der Waals surface area contributed by atoms with Crippen molar-refractivity contribution in [3.63, 3.8) is 0 Å². The smallest absolute Gasteiger partial charge is 0.112 e. The first-order valence-electron chi connectivity index (χ1n) is 4.43. The zero-order chi connectivity index (χ0) is 8.81. The Morgan fingerprint density at radius 1 is 1.50 bits per heavy atom. The van der Waals surface area contributed by atoms with Gasteiger partial charge >= 0.3 is 0 Å². The van der Waals surface area contributed by atoms with Crippen LogP contribution in [0.15, 0.2) is 12.0 Å². The fraction of sp³-hybridized carbons (Fsp3) is 0.750. The van der Waals surface area contributed by atoms with E-state index in [4.69, 9.17) is 5.73 Å². The van der Waals surface area contributed by atoms with Crippen molar-refractivity contribution in [2.45, 2.75) is 18.9 Å². The van der Waals surface area contributed by atoms with Crippen molar-refractivity contribution in [1.82, 2.24) is 16.0 Å². The summed E-state index contributed by atoms with van der Waals surface area (Å²) in [5.41, 5.74) is 5.56. The van der Waals surface area contributed by atoms with Gasteiger partial charge in [-0.25, -0.2) is 0 Å². The molecule has 1 fully saturated rings. The number of nitrogens with one attached hydrogen (secondary N) is 3.